The Bertz CT molecular complexity index is 245. The van der Waals surface area contributed by atoms with Crippen molar-refractivity contribution in [2.75, 3.05) is 0 Å². The van der Waals surface area contributed by atoms with Crippen LogP contribution >= 0.6 is 22.6 Å². The topological polar surface area (TPSA) is 0 Å². The van der Waals surface area contributed by atoms with Crippen molar-refractivity contribution in [2.24, 2.45) is 0 Å². The zero-order valence-electron chi connectivity index (χ0n) is 7.02. The van der Waals surface area contributed by atoms with Gasteiger partial charge in [-0.05, 0) is 59.2 Å². The van der Waals surface area contributed by atoms with Crippen molar-refractivity contribution >= 4 is 32.8 Å². The van der Waals surface area contributed by atoms with E-state index in [-0.39, 0.29) is 0 Å². The van der Waals surface area contributed by atoms with Crippen LogP contribution < -0.4 is 0 Å². The molecular formula is C9H13ISi. The molecule has 60 valence electrons. The highest BCUT2D eigenvalue weighted by atomic mass is 127. The van der Waals surface area contributed by atoms with Crippen LogP contribution in [-0.4, -0.2) is 10.2 Å². The molecule has 0 atom stereocenters. The lowest BCUT2D eigenvalue weighted by Gasteiger charge is -2.03. The summed E-state index contributed by atoms with van der Waals surface area (Å²) in [5.74, 6) is 0. The van der Waals surface area contributed by atoms with E-state index in [1.165, 1.54) is 37.4 Å². The number of rotatable bonds is 2. The summed E-state index contributed by atoms with van der Waals surface area (Å²) in [6, 6.07) is 8.09. The van der Waals surface area contributed by atoms with Crippen LogP contribution in [0.5, 0.6) is 0 Å². The minimum absolute atomic E-state index is 1.27. The van der Waals surface area contributed by atoms with E-state index in [1.807, 2.05) is 0 Å². The fourth-order valence-corrected chi connectivity index (χ4v) is 2.39. The first-order valence-corrected chi connectivity index (χ1v) is 6.48. The van der Waals surface area contributed by atoms with E-state index in [1.54, 1.807) is 0 Å². The summed E-state index contributed by atoms with van der Waals surface area (Å²) in [5.41, 5.74) is 2.98. The zero-order valence-corrected chi connectivity index (χ0v) is 11.2. The van der Waals surface area contributed by atoms with Gasteiger partial charge in [-0.15, -0.1) is 0 Å². The highest BCUT2D eigenvalue weighted by Gasteiger charge is 1.96. The molecule has 0 saturated carbocycles. The SMILES string of the molecule is Cc1cc(I)ccc1CC[SiH3]. The number of benzene rings is 1. The Labute approximate surface area is 85.0 Å². The van der Waals surface area contributed by atoms with Gasteiger partial charge in [0.1, 0.15) is 0 Å². The molecule has 0 aromatic heterocycles. The lowest BCUT2D eigenvalue weighted by molar-refractivity contribution is 1.10. The minimum atomic E-state index is 1.27. The molecule has 0 spiro atoms. The predicted octanol–water partition coefficient (Wildman–Crippen LogP) is 1.93. The van der Waals surface area contributed by atoms with Crippen LogP contribution in [0.4, 0.5) is 0 Å². The zero-order chi connectivity index (χ0) is 8.27. The Morgan fingerprint density at radius 3 is 2.73 bits per heavy atom. The maximum atomic E-state index is 2.36. The molecule has 0 amide bonds. The summed E-state index contributed by atoms with van der Waals surface area (Å²) in [5, 5.41) is 0. The normalized spacial score (nSPS) is 10.4. The smallest absolute Gasteiger partial charge is 0.0133 e. The monoisotopic (exact) mass is 276 g/mol. The first-order valence-electron chi connectivity index (χ1n) is 3.99. The molecule has 0 aliphatic rings. The van der Waals surface area contributed by atoms with Gasteiger partial charge in [-0.2, -0.15) is 0 Å². The van der Waals surface area contributed by atoms with Crippen LogP contribution in [0.1, 0.15) is 11.1 Å². The fraction of sp³-hybridized carbons (Fsp3) is 0.333. The van der Waals surface area contributed by atoms with Crippen LogP contribution in [0, 0.1) is 10.5 Å². The Hall–Kier alpha value is 0.167. The highest BCUT2D eigenvalue weighted by molar-refractivity contribution is 14.1. The number of halogens is 1. The van der Waals surface area contributed by atoms with Gasteiger partial charge in [0.15, 0.2) is 0 Å². The molecule has 2 heteroatoms. The maximum Gasteiger partial charge on any atom is 0.0133 e. The van der Waals surface area contributed by atoms with Gasteiger partial charge in [-0.25, -0.2) is 0 Å². The molecule has 0 heterocycles. The van der Waals surface area contributed by atoms with Crippen molar-refractivity contribution in [3.05, 3.63) is 32.9 Å². The van der Waals surface area contributed by atoms with Crippen LogP contribution in [0.15, 0.2) is 18.2 Å². The van der Waals surface area contributed by atoms with E-state index < -0.39 is 0 Å². The van der Waals surface area contributed by atoms with Crippen LogP contribution in [0.3, 0.4) is 0 Å². The second kappa shape index (κ2) is 4.26. The van der Waals surface area contributed by atoms with Crippen molar-refractivity contribution in [2.45, 2.75) is 19.4 Å². The quantitative estimate of drug-likeness (QED) is 0.572. The van der Waals surface area contributed by atoms with Gasteiger partial charge in [-0.3, -0.25) is 0 Å². The van der Waals surface area contributed by atoms with Gasteiger partial charge >= 0.3 is 0 Å². The average molecular weight is 276 g/mol. The van der Waals surface area contributed by atoms with E-state index in [9.17, 15) is 0 Å². The summed E-state index contributed by atoms with van der Waals surface area (Å²) < 4.78 is 1.34. The third-order valence-corrected chi connectivity index (χ3v) is 2.99. The van der Waals surface area contributed by atoms with Crippen molar-refractivity contribution < 1.29 is 0 Å². The van der Waals surface area contributed by atoms with Gasteiger partial charge in [-0.1, -0.05) is 12.1 Å². The Morgan fingerprint density at radius 2 is 2.18 bits per heavy atom. The maximum absolute atomic E-state index is 2.36. The van der Waals surface area contributed by atoms with E-state index >= 15 is 0 Å². The molecule has 0 aliphatic heterocycles. The summed E-state index contributed by atoms with van der Waals surface area (Å²) in [7, 11) is 1.32. The van der Waals surface area contributed by atoms with Gasteiger partial charge in [0.2, 0.25) is 0 Å². The average Bonchev–Trinajstić information content (AvgIpc) is 1.95. The first kappa shape index (κ1) is 9.26. The number of hydrogen-bond donors (Lipinski definition) is 0. The van der Waals surface area contributed by atoms with Crippen molar-refractivity contribution in [3.63, 3.8) is 0 Å². The molecule has 0 N–H and O–H groups in total. The molecular weight excluding hydrogens is 263 g/mol. The Morgan fingerprint density at radius 1 is 1.45 bits per heavy atom. The molecule has 11 heavy (non-hydrogen) atoms. The lowest BCUT2D eigenvalue weighted by atomic mass is 10.1. The molecule has 0 bridgehead atoms. The third kappa shape index (κ3) is 2.59. The minimum Gasteiger partial charge on any atom is -0.0619 e. The predicted molar refractivity (Wildman–Crippen MR) is 62.3 cm³/mol. The molecule has 1 aromatic rings. The summed E-state index contributed by atoms with van der Waals surface area (Å²) in [6.07, 6.45) is 1.27. The van der Waals surface area contributed by atoms with E-state index in [4.69, 9.17) is 0 Å². The first-order chi connectivity index (χ1) is 5.24. The Balaban J connectivity index is 2.90. The molecule has 0 fully saturated rings. The second-order valence-corrected chi connectivity index (χ2v) is 5.07. The summed E-state index contributed by atoms with van der Waals surface area (Å²) in [6.45, 7) is 2.20. The Kier molecular flexibility index (Phi) is 3.58. The van der Waals surface area contributed by atoms with E-state index in [0.717, 1.165) is 0 Å². The lowest BCUT2D eigenvalue weighted by Crippen LogP contribution is -1.89. The van der Waals surface area contributed by atoms with Crippen LogP contribution in [0.2, 0.25) is 6.04 Å². The van der Waals surface area contributed by atoms with Crippen molar-refractivity contribution in [1.82, 2.24) is 0 Å². The third-order valence-electron chi connectivity index (χ3n) is 1.82. The highest BCUT2D eigenvalue weighted by Crippen LogP contribution is 2.13. The summed E-state index contributed by atoms with van der Waals surface area (Å²) in [4.78, 5) is 0. The van der Waals surface area contributed by atoms with Gasteiger partial charge in [0, 0.05) is 13.8 Å². The van der Waals surface area contributed by atoms with E-state index in [2.05, 4.69) is 47.7 Å². The molecule has 1 aromatic carbocycles. The second-order valence-electron chi connectivity index (χ2n) is 2.82. The van der Waals surface area contributed by atoms with E-state index in [0.29, 0.717) is 0 Å². The molecule has 0 nitrogen and oxygen atoms in total. The van der Waals surface area contributed by atoms with Crippen LogP contribution in [0.25, 0.3) is 0 Å². The molecule has 0 radical (unpaired) electrons. The summed E-state index contributed by atoms with van der Waals surface area (Å²) >= 11 is 2.36. The van der Waals surface area contributed by atoms with Crippen molar-refractivity contribution in [3.8, 4) is 0 Å². The van der Waals surface area contributed by atoms with Gasteiger partial charge in [0.05, 0.1) is 0 Å². The molecule has 0 saturated heterocycles. The molecule has 0 unspecified atom stereocenters. The fourth-order valence-electron chi connectivity index (χ4n) is 1.21. The standard InChI is InChI=1S/C9H13ISi/c1-7-6-9(10)3-2-8(7)4-5-11/h2-3,6H,4-5H2,1,11H3. The van der Waals surface area contributed by atoms with Gasteiger partial charge < -0.3 is 0 Å². The molecule has 1 rings (SSSR count). The molecule has 0 aliphatic carbocycles. The number of hydrogen-bond acceptors (Lipinski definition) is 0. The van der Waals surface area contributed by atoms with Crippen molar-refractivity contribution in [1.29, 1.82) is 0 Å². The van der Waals surface area contributed by atoms with Crippen LogP contribution in [-0.2, 0) is 6.42 Å². The number of aryl methyl sites for hydroxylation is 2. The van der Waals surface area contributed by atoms with Gasteiger partial charge in [0.25, 0.3) is 0 Å². The largest absolute Gasteiger partial charge is 0.0619 e.